The normalized spacial score (nSPS) is 24.6. The Kier molecular flexibility index (Phi) is 2.52. The Labute approximate surface area is 83.9 Å². The summed E-state index contributed by atoms with van der Waals surface area (Å²) < 4.78 is 0. The molecule has 2 atom stereocenters. The number of hydrogen-bond acceptors (Lipinski definition) is 4. The van der Waals surface area contributed by atoms with Crippen LogP contribution in [-0.2, 0) is 0 Å². The first-order valence-electron chi connectivity index (χ1n) is 5.12. The van der Waals surface area contributed by atoms with Crippen LogP contribution < -0.4 is 11.1 Å². The summed E-state index contributed by atoms with van der Waals surface area (Å²) in [5.74, 6) is 2.91. The van der Waals surface area contributed by atoms with Crippen LogP contribution in [0, 0.1) is 11.8 Å². The van der Waals surface area contributed by atoms with E-state index >= 15 is 0 Å². The van der Waals surface area contributed by atoms with Crippen LogP contribution in [-0.4, -0.2) is 16.5 Å². The van der Waals surface area contributed by atoms with Crippen LogP contribution in [0.15, 0.2) is 12.3 Å². The molecular weight excluding hydrogens is 176 g/mol. The van der Waals surface area contributed by atoms with E-state index in [0.29, 0.717) is 5.95 Å². The molecule has 4 heteroatoms. The van der Waals surface area contributed by atoms with Gasteiger partial charge in [-0.05, 0) is 24.3 Å². The zero-order valence-electron chi connectivity index (χ0n) is 8.40. The van der Waals surface area contributed by atoms with E-state index in [0.717, 1.165) is 24.2 Å². The Morgan fingerprint density at radius 3 is 3.07 bits per heavy atom. The lowest BCUT2D eigenvalue weighted by molar-refractivity contribution is 0.700. The van der Waals surface area contributed by atoms with Crippen LogP contribution in [0.25, 0.3) is 0 Å². The summed E-state index contributed by atoms with van der Waals surface area (Å²) in [7, 11) is 0. The van der Waals surface area contributed by atoms with Gasteiger partial charge in [0.05, 0.1) is 0 Å². The number of nitrogens with two attached hydrogens (primary N) is 1. The van der Waals surface area contributed by atoms with Crippen molar-refractivity contribution < 1.29 is 0 Å². The molecule has 3 N–H and O–H groups in total. The number of nitrogen functional groups attached to an aromatic ring is 1. The summed E-state index contributed by atoms with van der Waals surface area (Å²) in [4.78, 5) is 7.92. The first-order valence-corrected chi connectivity index (χ1v) is 5.12. The SMILES string of the molecule is CC[C@@H]1C[C@H]1CNc1ccnc(N)n1. The summed E-state index contributed by atoms with van der Waals surface area (Å²) in [5.41, 5.74) is 5.47. The van der Waals surface area contributed by atoms with Crippen LogP contribution in [0.2, 0.25) is 0 Å². The summed E-state index contributed by atoms with van der Waals surface area (Å²) in [6, 6.07) is 1.85. The summed E-state index contributed by atoms with van der Waals surface area (Å²) in [5, 5.41) is 3.28. The van der Waals surface area contributed by atoms with Gasteiger partial charge < -0.3 is 11.1 Å². The van der Waals surface area contributed by atoms with Crippen LogP contribution in [0.3, 0.4) is 0 Å². The lowest BCUT2D eigenvalue weighted by Crippen LogP contribution is -2.07. The first kappa shape index (κ1) is 9.24. The third-order valence-electron chi connectivity index (χ3n) is 2.81. The maximum Gasteiger partial charge on any atom is 0.221 e. The molecule has 0 unspecified atom stereocenters. The summed E-state index contributed by atoms with van der Waals surface area (Å²) >= 11 is 0. The number of aromatic nitrogens is 2. The van der Waals surface area contributed by atoms with E-state index in [1.807, 2.05) is 6.07 Å². The Balaban J connectivity index is 1.81. The fraction of sp³-hybridized carbons (Fsp3) is 0.600. The molecule has 1 aliphatic rings. The first-order chi connectivity index (χ1) is 6.79. The lowest BCUT2D eigenvalue weighted by atomic mass is 10.2. The highest BCUT2D eigenvalue weighted by Gasteiger charge is 2.34. The molecule has 1 aliphatic carbocycles. The number of nitrogens with one attached hydrogen (secondary N) is 1. The number of nitrogens with zero attached hydrogens (tertiary/aromatic N) is 2. The molecule has 1 aromatic heterocycles. The highest BCUT2D eigenvalue weighted by atomic mass is 15.1. The van der Waals surface area contributed by atoms with Crippen LogP contribution >= 0.6 is 0 Å². The van der Waals surface area contributed by atoms with E-state index < -0.39 is 0 Å². The van der Waals surface area contributed by atoms with Crippen molar-refractivity contribution in [2.75, 3.05) is 17.6 Å². The van der Waals surface area contributed by atoms with E-state index in [9.17, 15) is 0 Å². The molecule has 0 bridgehead atoms. The van der Waals surface area contributed by atoms with Crippen molar-refractivity contribution in [2.45, 2.75) is 19.8 Å². The lowest BCUT2D eigenvalue weighted by Gasteiger charge is -2.04. The third-order valence-corrected chi connectivity index (χ3v) is 2.81. The van der Waals surface area contributed by atoms with Gasteiger partial charge in [0.15, 0.2) is 0 Å². The number of rotatable bonds is 4. The molecule has 0 aromatic carbocycles. The molecule has 1 heterocycles. The molecule has 0 amide bonds. The van der Waals surface area contributed by atoms with Crippen molar-refractivity contribution in [3.63, 3.8) is 0 Å². The van der Waals surface area contributed by atoms with Crippen LogP contribution in [0.1, 0.15) is 19.8 Å². The molecule has 76 valence electrons. The van der Waals surface area contributed by atoms with Gasteiger partial charge in [0.1, 0.15) is 5.82 Å². The molecule has 1 saturated carbocycles. The largest absolute Gasteiger partial charge is 0.370 e. The van der Waals surface area contributed by atoms with Gasteiger partial charge in [0, 0.05) is 12.7 Å². The fourth-order valence-corrected chi connectivity index (χ4v) is 1.77. The van der Waals surface area contributed by atoms with Crippen molar-refractivity contribution in [2.24, 2.45) is 11.8 Å². The summed E-state index contributed by atoms with van der Waals surface area (Å²) in [6.45, 7) is 3.25. The molecule has 0 radical (unpaired) electrons. The van der Waals surface area contributed by atoms with E-state index in [4.69, 9.17) is 5.73 Å². The second kappa shape index (κ2) is 3.82. The zero-order valence-corrected chi connectivity index (χ0v) is 8.40. The summed E-state index contributed by atoms with van der Waals surface area (Å²) in [6.07, 6.45) is 4.32. The average Bonchev–Trinajstić information content (AvgIpc) is 2.93. The number of anilines is 2. The van der Waals surface area contributed by atoms with E-state index in [-0.39, 0.29) is 0 Å². The van der Waals surface area contributed by atoms with Crippen LogP contribution in [0.4, 0.5) is 11.8 Å². The smallest absolute Gasteiger partial charge is 0.221 e. The van der Waals surface area contributed by atoms with E-state index in [2.05, 4.69) is 22.2 Å². The van der Waals surface area contributed by atoms with E-state index in [1.165, 1.54) is 12.8 Å². The minimum absolute atomic E-state index is 0.331. The van der Waals surface area contributed by atoms with Gasteiger partial charge in [-0.3, -0.25) is 0 Å². The highest BCUT2D eigenvalue weighted by molar-refractivity contribution is 5.37. The molecule has 14 heavy (non-hydrogen) atoms. The van der Waals surface area contributed by atoms with Crippen molar-refractivity contribution in [3.8, 4) is 0 Å². The predicted molar refractivity (Wildman–Crippen MR) is 56.8 cm³/mol. The van der Waals surface area contributed by atoms with Crippen molar-refractivity contribution in [3.05, 3.63) is 12.3 Å². The van der Waals surface area contributed by atoms with Crippen LogP contribution in [0.5, 0.6) is 0 Å². The molecule has 0 saturated heterocycles. The average molecular weight is 192 g/mol. The monoisotopic (exact) mass is 192 g/mol. The van der Waals surface area contributed by atoms with Gasteiger partial charge in [-0.15, -0.1) is 0 Å². The molecule has 0 aliphatic heterocycles. The Morgan fingerprint density at radius 2 is 2.43 bits per heavy atom. The fourth-order valence-electron chi connectivity index (χ4n) is 1.77. The van der Waals surface area contributed by atoms with Gasteiger partial charge in [0.2, 0.25) is 5.95 Å². The van der Waals surface area contributed by atoms with Crippen molar-refractivity contribution in [1.29, 1.82) is 0 Å². The minimum Gasteiger partial charge on any atom is -0.370 e. The van der Waals surface area contributed by atoms with Crippen molar-refractivity contribution in [1.82, 2.24) is 9.97 Å². The Hall–Kier alpha value is -1.32. The van der Waals surface area contributed by atoms with Gasteiger partial charge in [-0.25, -0.2) is 4.98 Å². The van der Waals surface area contributed by atoms with Gasteiger partial charge in [0.25, 0.3) is 0 Å². The van der Waals surface area contributed by atoms with Gasteiger partial charge in [-0.2, -0.15) is 4.98 Å². The second-order valence-corrected chi connectivity index (χ2v) is 3.85. The maximum absolute atomic E-state index is 5.47. The zero-order chi connectivity index (χ0) is 9.97. The molecule has 0 spiro atoms. The van der Waals surface area contributed by atoms with E-state index in [1.54, 1.807) is 6.20 Å². The molecule has 2 rings (SSSR count). The molecular formula is C10H16N4. The van der Waals surface area contributed by atoms with Gasteiger partial charge >= 0.3 is 0 Å². The highest BCUT2D eigenvalue weighted by Crippen LogP contribution is 2.40. The van der Waals surface area contributed by atoms with Gasteiger partial charge in [-0.1, -0.05) is 13.3 Å². The number of hydrogen-bond donors (Lipinski definition) is 2. The standard InChI is InChI=1S/C10H16N4/c1-2-7-5-8(7)6-13-9-3-4-12-10(11)14-9/h3-4,7-8H,2,5-6H2,1H3,(H3,11,12,13,14)/t7-,8+/m1/s1. The second-order valence-electron chi connectivity index (χ2n) is 3.85. The minimum atomic E-state index is 0.331. The maximum atomic E-state index is 5.47. The Bertz CT molecular complexity index is 313. The quantitative estimate of drug-likeness (QED) is 0.759. The molecule has 1 fully saturated rings. The Morgan fingerprint density at radius 1 is 1.57 bits per heavy atom. The predicted octanol–water partition coefficient (Wildman–Crippen LogP) is 1.52. The topological polar surface area (TPSA) is 63.8 Å². The van der Waals surface area contributed by atoms with Crippen molar-refractivity contribution >= 4 is 11.8 Å². The molecule has 4 nitrogen and oxygen atoms in total. The third kappa shape index (κ3) is 2.13. The molecule has 1 aromatic rings.